The SMILES string of the molecule is O=C(Nc1ccnc(Cl)c1)c1ccc(Br)c(O)c1. The second-order valence-corrected chi connectivity index (χ2v) is 4.73. The van der Waals surface area contributed by atoms with Gasteiger partial charge in [-0.05, 0) is 46.3 Å². The number of phenolic OH excluding ortho intramolecular Hbond substituents is 1. The number of amides is 1. The Balaban J connectivity index is 2.19. The number of nitrogens with zero attached hydrogens (tertiary/aromatic N) is 1. The van der Waals surface area contributed by atoms with Gasteiger partial charge in [-0.25, -0.2) is 4.98 Å². The molecule has 0 spiro atoms. The number of carbonyl (C=O) groups excluding carboxylic acids is 1. The van der Waals surface area contributed by atoms with Crippen LogP contribution in [0.1, 0.15) is 10.4 Å². The highest BCUT2D eigenvalue weighted by molar-refractivity contribution is 9.10. The minimum absolute atomic E-state index is 0.00964. The van der Waals surface area contributed by atoms with Gasteiger partial charge in [0.25, 0.3) is 5.91 Å². The Morgan fingerprint density at radius 3 is 2.78 bits per heavy atom. The summed E-state index contributed by atoms with van der Waals surface area (Å²) in [6.45, 7) is 0. The number of aromatic nitrogens is 1. The van der Waals surface area contributed by atoms with Crippen LogP contribution in [-0.4, -0.2) is 16.0 Å². The average molecular weight is 328 g/mol. The van der Waals surface area contributed by atoms with Gasteiger partial charge >= 0.3 is 0 Å². The molecule has 1 amide bonds. The molecule has 2 rings (SSSR count). The van der Waals surface area contributed by atoms with Crippen molar-refractivity contribution in [2.75, 3.05) is 5.32 Å². The average Bonchev–Trinajstić information content (AvgIpc) is 2.32. The van der Waals surface area contributed by atoms with Crippen LogP contribution >= 0.6 is 27.5 Å². The standard InChI is InChI=1S/C12H8BrClN2O2/c13-9-2-1-7(5-10(9)17)12(18)16-8-3-4-15-11(14)6-8/h1-6,17H,(H,15,16,18). The summed E-state index contributed by atoms with van der Waals surface area (Å²) in [5.74, 6) is -0.324. The van der Waals surface area contributed by atoms with Crippen molar-refractivity contribution in [1.82, 2.24) is 4.98 Å². The molecular weight excluding hydrogens is 320 g/mol. The van der Waals surface area contributed by atoms with Crippen LogP contribution in [0.4, 0.5) is 5.69 Å². The lowest BCUT2D eigenvalue weighted by molar-refractivity contribution is 0.102. The Bertz CT molecular complexity index is 604. The molecular formula is C12H8BrClN2O2. The number of anilines is 1. The van der Waals surface area contributed by atoms with E-state index >= 15 is 0 Å². The van der Waals surface area contributed by atoms with E-state index in [0.29, 0.717) is 20.9 Å². The minimum Gasteiger partial charge on any atom is -0.507 e. The van der Waals surface area contributed by atoms with Gasteiger partial charge in [-0.3, -0.25) is 4.79 Å². The zero-order valence-corrected chi connectivity index (χ0v) is 11.4. The van der Waals surface area contributed by atoms with Crippen LogP contribution < -0.4 is 5.32 Å². The first-order chi connectivity index (χ1) is 8.56. The number of hydrogen-bond donors (Lipinski definition) is 2. The Morgan fingerprint density at radius 1 is 1.33 bits per heavy atom. The molecule has 0 atom stereocenters. The third-order valence-electron chi connectivity index (χ3n) is 2.19. The fourth-order valence-corrected chi connectivity index (χ4v) is 1.76. The molecule has 1 aromatic carbocycles. The Kier molecular flexibility index (Phi) is 3.84. The molecule has 1 heterocycles. The first-order valence-corrected chi connectivity index (χ1v) is 6.15. The molecule has 2 N–H and O–H groups in total. The van der Waals surface area contributed by atoms with Crippen LogP contribution in [0.5, 0.6) is 5.75 Å². The van der Waals surface area contributed by atoms with Gasteiger partial charge in [0, 0.05) is 17.4 Å². The quantitative estimate of drug-likeness (QED) is 0.830. The van der Waals surface area contributed by atoms with E-state index in [-0.39, 0.29) is 11.7 Å². The molecule has 18 heavy (non-hydrogen) atoms. The zero-order chi connectivity index (χ0) is 13.1. The summed E-state index contributed by atoms with van der Waals surface area (Å²) >= 11 is 8.86. The maximum absolute atomic E-state index is 11.9. The number of aromatic hydroxyl groups is 1. The number of phenols is 1. The normalized spacial score (nSPS) is 10.1. The molecule has 0 fully saturated rings. The van der Waals surface area contributed by atoms with Crippen LogP contribution in [0.25, 0.3) is 0 Å². The molecule has 0 unspecified atom stereocenters. The molecule has 0 saturated heterocycles. The predicted octanol–water partition coefficient (Wildman–Crippen LogP) is 3.46. The highest BCUT2D eigenvalue weighted by atomic mass is 79.9. The Hall–Kier alpha value is -1.59. The molecule has 0 aliphatic heterocycles. The third kappa shape index (κ3) is 3.00. The number of hydrogen-bond acceptors (Lipinski definition) is 3. The Labute approximate surface area is 117 Å². The lowest BCUT2D eigenvalue weighted by atomic mass is 10.2. The van der Waals surface area contributed by atoms with E-state index in [1.165, 1.54) is 18.3 Å². The van der Waals surface area contributed by atoms with Crippen LogP contribution in [-0.2, 0) is 0 Å². The van der Waals surface area contributed by atoms with Crippen molar-refractivity contribution in [2.45, 2.75) is 0 Å². The molecule has 0 saturated carbocycles. The van der Waals surface area contributed by atoms with E-state index in [4.69, 9.17) is 11.6 Å². The summed E-state index contributed by atoms with van der Waals surface area (Å²) in [4.78, 5) is 15.7. The van der Waals surface area contributed by atoms with Gasteiger partial charge in [0.1, 0.15) is 10.9 Å². The highest BCUT2D eigenvalue weighted by Gasteiger charge is 2.08. The molecule has 0 radical (unpaired) electrons. The summed E-state index contributed by atoms with van der Waals surface area (Å²) in [7, 11) is 0. The van der Waals surface area contributed by atoms with Gasteiger partial charge in [-0.2, -0.15) is 0 Å². The Morgan fingerprint density at radius 2 is 2.11 bits per heavy atom. The number of nitrogens with one attached hydrogen (secondary N) is 1. The second kappa shape index (κ2) is 5.37. The van der Waals surface area contributed by atoms with E-state index in [0.717, 1.165) is 0 Å². The summed E-state index contributed by atoms with van der Waals surface area (Å²) in [6.07, 6.45) is 1.50. The fraction of sp³-hybridized carbons (Fsp3) is 0. The second-order valence-electron chi connectivity index (χ2n) is 3.49. The van der Waals surface area contributed by atoms with Crippen LogP contribution in [0, 0.1) is 0 Å². The number of carbonyl (C=O) groups is 1. The van der Waals surface area contributed by atoms with Crippen molar-refractivity contribution in [2.24, 2.45) is 0 Å². The molecule has 6 heteroatoms. The molecule has 2 aromatic rings. The summed E-state index contributed by atoms with van der Waals surface area (Å²) in [6, 6.07) is 7.74. The van der Waals surface area contributed by atoms with Crippen molar-refractivity contribution in [3.8, 4) is 5.75 Å². The molecule has 1 aromatic heterocycles. The molecule has 92 valence electrons. The predicted molar refractivity (Wildman–Crippen MR) is 73.0 cm³/mol. The molecule has 0 bridgehead atoms. The number of benzene rings is 1. The maximum Gasteiger partial charge on any atom is 0.255 e. The van der Waals surface area contributed by atoms with Gasteiger partial charge in [0.2, 0.25) is 0 Å². The molecule has 4 nitrogen and oxygen atoms in total. The van der Waals surface area contributed by atoms with Crippen LogP contribution in [0.2, 0.25) is 5.15 Å². The van der Waals surface area contributed by atoms with E-state index in [1.54, 1.807) is 18.2 Å². The van der Waals surface area contributed by atoms with Crippen molar-refractivity contribution < 1.29 is 9.90 Å². The number of pyridine rings is 1. The minimum atomic E-state index is -0.333. The lowest BCUT2D eigenvalue weighted by Crippen LogP contribution is -2.11. The maximum atomic E-state index is 11.9. The molecule has 0 aliphatic rings. The fourth-order valence-electron chi connectivity index (χ4n) is 1.34. The van der Waals surface area contributed by atoms with Gasteiger partial charge in [-0.15, -0.1) is 0 Å². The monoisotopic (exact) mass is 326 g/mol. The van der Waals surface area contributed by atoms with Gasteiger partial charge in [0.15, 0.2) is 0 Å². The van der Waals surface area contributed by atoms with Gasteiger partial charge in [0.05, 0.1) is 4.47 Å². The third-order valence-corrected chi connectivity index (χ3v) is 3.07. The first-order valence-electron chi connectivity index (χ1n) is 4.97. The van der Waals surface area contributed by atoms with Crippen molar-refractivity contribution >= 4 is 39.1 Å². The van der Waals surface area contributed by atoms with E-state index in [1.807, 2.05) is 0 Å². The lowest BCUT2D eigenvalue weighted by Gasteiger charge is -2.06. The van der Waals surface area contributed by atoms with Crippen molar-refractivity contribution in [3.63, 3.8) is 0 Å². The first kappa shape index (κ1) is 12.9. The van der Waals surface area contributed by atoms with E-state index in [2.05, 4.69) is 26.2 Å². The van der Waals surface area contributed by atoms with E-state index < -0.39 is 0 Å². The van der Waals surface area contributed by atoms with Gasteiger partial charge in [-0.1, -0.05) is 11.6 Å². The summed E-state index contributed by atoms with van der Waals surface area (Å²) in [5, 5.41) is 12.5. The molecule has 0 aliphatic carbocycles. The summed E-state index contributed by atoms with van der Waals surface area (Å²) < 4.78 is 0.533. The van der Waals surface area contributed by atoms with Crippen molar-refractivity contribution in [1.29, 1.82) is 0 Å². The number of rotatable bonds is 2. The van der Waals surface area contributed by atoms with Gasteiger partial charge < -0.3 is 10.4 Å². The smallest absolute Gasteiger partial charge is 0.255 e. The number of halogens is 2. The topological polar surface area (TPSA) is 62.2 Å². The largest absolute Gasteiger partial charge is 0.507 e. The highest BCUT2D eigenvalue weighted by Crippen LogP contribution is 2.24. The zero-order valence-electron chi connectivity index (χ0n) is 9.02. The summed E-state index contributed by atoms with van der Waals surface area (Å²) in [5.41, 5.74) is 0.894. The van der Waals surface area contributed by atoms with Crippen LogP contribution in [0.15, 0.2) is 41.0 Å². The van der Waals surface area contributed by atoms with E-state index in [9.17, 15) is 9.90 Å². The van der Waals surface area contributed by atoms with Crippen LogP contribution in [0.3, 0.4) is 0 Å². The van der Waals surface area contributed by atoms with Crippen molar-refractivity contribution in [3.05, 3.63) is 51.7 Å².